The maximum atomic E-state index is 11.2. The van der Waals surface area contributed by atoms with Crippen molar-refractivity contribution in [1.82, 2.24) is 4.98 Å². The van der Waals surface area contributed by atoms with Gasteiger partial charge in [0.25, 0.3) is 0 Å². The Morgan fingerprint density at radius 3 is 2.93 bits per heavy atom. The summed E-state index contributed by atoms with van der Waals surface area (Å²) in [5.41, 5.74) is 6.79. The number of hydrogen-bond donors (Lipinski definition) is 1. The molecule has 1 saturated carbocycles. The van der Waals surface area contributed by atoms with Crippen molar-refractivity contribution in [3.8, 4) is 0 Å². The molecule has 1 fully saturated rings. The van der Waals surface area contributed by atoms with Crippen LogP contribution in [-0.2, 0) is 4.79 Å². The van der Waals surface area contributed by atoms with Crippen LogP contribution in [0.2, 0.25) is 0 Å². The Labute approximate surface area is 83.3 Å². The molecule has 1 aliphatic rings. The van der Waals surface area contributed by atoms with Gasteiger partial charge in [-0.15, -0.1) is 0 Å². The number of hydrogen-bond acceptors (Lipinski definition) is 3. The van der Waals surface area contributed by atoms with Gasteiger partial charge in [-0.25, -0.2) is 0 Å². The highest BCUT2D eigenvalue weighted by molar-refractivity contribution is 5.84. The van der Waals surface area contributed by atoms with Crippen molar-refractivity contribution in [2.45, 2.75) is 31.2 Å². The van der Waals surface area contributed by atoms with Crippen LogP contribution in [0.4, 0.5) is 0 Å². The highest BCUT2D eigenvalue weighted by Gasteiger charge is 2.27. The third-order valence-corrected chi connectivity index (χ3v) is 2.80. The van der Waals surface area contributed by atoms with E-state index in [9.17, 15) is 4.79 Å². The zero-order valence-corrected chi connectivity index (χ0v) is 8.02. The summed E-state index contributed by atoms with van der Waals surface area (Å²) in [4.78, 5) is 15.5. The van der Waals surface area contributed by atoms with Gasteiger partial charge >= 0.3 is 0 Å². The number of carbonyl (C=O) groups excluding carboxylic acids is 1. The first kappa shape index (κ1) is 9.34. The van der Waals surface area contributed by atoms with Crippen molar-refractivity contribution >= 4 is 5.78 Å². The second kappa shape index (κ2) is 3.88. The van der Waals surface area contributed by atoms with E-state index in [2.05, 4.69) is 4.98 Å². The van der Waals surface area contributed by atoms with Crippen LogP contribution in [-0.4, -0.2) is 16.8 Å². The quantitative estimate of drug-likeness (QED) is 0.725. The van der Waals surface area contributed by atoms with Gasteiger partial charge in [0.2, 0.25) is 0 Å². The van der Waals surface area contributed by atoms with Crippen LogP contribution in [0.15, 0.2) is 24.4 Å². The molecule has 3 nitrogen and oxygen atoms in total. The molecule has 0 spiro atoms. The Kier molecular flexibility index (Phi) is 2.59. The number of ketones is 1. The Bertz CT molecular complexity index is 323. The molecule has 1 heterocycles. The molecule has 2 unspecified atom stereocenters. The zero-order valence-electron chi connectivity index (χ0n) is 8.02. The average Bonchev–Trinajstić information content (AvgIpc) is 2.23. The van der Waals surface area contributed by atoms with Crippen LogP contribution in [0, 0.1) is 0 Å². The Morgan fingerprint density at radius 2 is 2.29 bits per heavy atom. The molecule has 0 radical (unpaired) electrons. The van der Waals surface area contributed by atoms with Gasteiger partial charge in [-0.1, -0.05) is 6.07 Å². The predicted octanol–water partition coefficient (Wildman–Crippen LogP) is 1.25. The van der Waals surface area contributed by atoms with Gasteiger partial charge in [-0.3, -0.25) is 9.78 Å². The fourth-order valence-electron chi connectivity index (χ4n) is 1.94. The van der Waals surface area contributed by atoms with Gasteiger partial charge in [0.15, 0.2) is 0 Å². The minimum atomic E-state index is -0.282. The van der Waals surface area contributed by atoms with Gasteiger partial charge in [0.05, 0.1) is 6.04 Å². The third-order valence-electron chi connectivity index (χ3n) is 2.80. The number of pyridine rings is 1. The lowest BCUT2D eigenvalue weighted by atomic mass is 9.83. The summed E-state index contributed by atoms with van der Waals surface area (Å²) < 4.78 is 0. The first-order valence-electron chi connectivity index (χ1n) is 4.96. The summed E-state index contributed by atoms with van der Waals surface area (Å²) in [6.07, 6.45) is 4.03. The zero-order chi connectivity index (χ0) is 9.97. The van der Waals surface area contributed by atoms with Crippen molar-refractivity contribution in [2.75, 3.05) is 0 Å². The van der Waals surface area contributed by atoms with Gasteiger partial charge < -0.3 is 5.73 Å². The van der Waals surface area contributed by atoms with Crippen LogP contribution < -0.4 is 5.73 Å². The van der Waals surface area contributed by atoms with Crippen molar-refractivity contribution in [1.29, 1.82) is 0 Å². The normalized spacial score (nSPS) is 27.6. The molecule has 2 rings (SSSR count). The molecule has 2 N–H and O–H groups in total. The SMILES string of the molecule is NC1CC(c2ccccn2)CCC1=O. The number of nitrogens with zero attached hydrogens (tertiary/aromatic N) is 1. The van der Waals surface area contributed by atoms with Crippen molar-refractivity contribution in [3.63, 3.8) is 0 Å². The van der Waals surface area contributed by atoms with Gasteiger partial charge in [-0.05, 0) is 25.0 Å². The third kappa shape index (κ3) is 1.82. The summed E-state index contributed by atoms with van der Waals surface area (Å²) >= 11 is 0. The van der Waals surface area contributed by atoms with E-state index in [0.717, 1.165) is 18.5 Å². The Hall–Kier alpha value is -1.22. The van der Waals surface area contributed by atoms with Crippen molar-refractivity contribution < 1.29 is 4.79 Å². The van der Waals surface area contributed by atoms with Crippen LogP contribution in [0.1, 0.15) is 30.9 Å². The summed E-state index contributed by atoms with van der Waals surface area (Å²) in [5, 5.41) is 0. The minimum absolute atomic E-state index is 0.192. The van der Waals surface area contributed by atoms with Gasteiger partial charge in [0, 0.05) is 24.2 Å². The number of aromatic nitrogens is 1. The van der Waals surface area contributed by atoms with Crippen LogP contribution in [0.3, 0.4) is 0 Å². The molecule has 1 aromatic heterocycles. The molecule has 0 amide bonds. The van der Waals surface area contributed by atoms with E-state index in [-0.39, 0.29) is 11.8 Å². The van der Waals surface area contributed by atoms with Crippen LogP contribution >= 0.6 is 0 Å². The van der Waals surface area contributed by atoms with Gasteiger partial charge in [-0.2, -0.15) is 0 Å². The lowest BCUT2D eigenvalue weighted by Crippen LogP contribution is -2.36. The highest BCUT2D eigenvalue weighted by Crippen LogP contribution is 2.28. The number of carbonyl (C=O) groups is 1. The summed E-state index contributed by atoms with van der Waals surface area (Å²) in [5.74, 6) is 0.557. The minimum Gasteiger partial charge on any atom is -0.321 e. The lowest BCUT2D eigenvalue weighted by molar-refractivity contribution is -0.121. The van der Waals surface area contributed by atoms with E-state index >= 15 is 0 Å². The topological polar surface area (TPSA) is 56.0 Å². The van der Waals surface area contributed by atoms with Crippen LogP contribution in [0.5, 0.6) is 0 Å². The van der Waals surface area contributed by atoms with Crippen molar-refractivity contribution in [3.05, 3.63) is 30.1 Å². The van der Waals surface area contributed by atoms with Gasteiger partial charge in [0.1, 0.15) is 5.78 Å². The number of nitrogens with two attached hydrogens (primary N) is 1. The molecule has 0 bridgehead atoms. The Morgan fingerprint density at radius 1 is 1.43 bits per heavy atom. The molecular formula is C11H14N2O. The maximum Gasteiger partial charge on any atom is 0.149 e. The molecule has 0 saturated heterocycles. The maximum absolute atomic E-state index is 11.2. The monoisotopic (exact) mass is 190 g/mol. The molecule has 0 aromatic carbocycles. The highest BCUT2D eigenvalue weighted by atomic mass is 16.1. The van der Waals surface area contributed by atoms with E-state index in [1.807, 2.05) is 18.2 Å². The molecule has 2 atom stereocenters. The number of rotatable bonds is 1. The standard InChI is InChI=1S/C11H14N2O/c12-9-7-8(4-5-11(9)14)10-3-1-2-6-13-10/h1-3,6,8-9H,4-5,7,12H2. The van der Waals surface area contributed by atoms with E-state index in [4.69, 9.17) is 5.73 Å². The molecule has 1 aromatic rings. The lowest BCUT2D eigenvalue weighted by Gasteiger charge is -2.24. The van der Waals surface area contributed by atoms with Crippen LogP contribution in [0.25, 0.3) is 0 Å². The first-order valence-corrected chi connectivity index (χ1v) is 4.96. The van der Waals surface area contributed by atoms with E-state index < -0.39 is 0 Å². The smallest absolute Gasteiger partial charge is 0.149 e. The predicted molar refractivity (Wildman–Crippen MR) is 53.8 cm³/mol. The fraction of sp³-hybridized carbons (Fsp3) is 0.455. The second-order valence-electron chi connectivity index (χ2n) is 3.80. The molecular weight excluding hydrogens is 176 g/mol. The summed E-state index contributed by atoms with van der Waals surface area (Å²) in [7, 11) is 0. The second-order valence-corrected chi connectivity index (χ2v) is 3.80. The van der Waals surface area contributed by atoms with E-state index in [1.54, 1.807) is 6.20 Å². The summed E-state index contributed by atoms with van der Waals surface area (Å²) in [6, 6.07) is 5.60. The molecule has 74 valence electrons. The number of Topliss-reactive ketones (excluding diaryl/α,β-unsaturated/α-hetero) is 1. The molecule has 3 heteroatoms. The largest absolute Gasteiger partial charge is 0.321 e. The van der Waals surface area contributed by atoms with E-state index in [1.165, 1.54) is 0 Å². The van der Waals surface area contributed by atoms with E-state index in [0.29, 0.717) is 12.3 Å². The molecule has 0 aliphatic heterocycles. The Balaban J connectivity index is 2.11. The van der Waals surface area contributed by atoms with Crippen molar-refractivity contribution in [2.24, 2.45) is 5.73 Å². The summed E-state index contributed by atoms with van der Waals surface area (Å²) in [6.45, 7) is 0. The first-order chi connectivity index (χ1) is 6.77. The molecule has 1 aliphatic carbocycles. The average molecular weight is 190 g/mol. The fourth-order valence-corrected chi connectivity index (χ4v) is 1.94. The molecule has 14 heavy (non-hydrogen) atoms.